The zero-order valence-electron chi connectivity index (χ0n) is 7.33. The lowest BCUT2D eigenvalue weighted by Crippen LogP contribution is -2.21. The van der Waals surface area contributed by atoms with Crippen molar-refractivity contribution in [3.8, 4) is 0 Å². The molecule has 1 aliphatic rings. The average molecular weight is 181 g/mol. The van der Waals surface area contributed by atoms with E-state index >= 15 is 0 Å². The van der Waals surface area contributed by atoms with E-state index in [1.165, 1.54) is 31.7 Å². The van der Waals surface area contributed by atoms with Crippen LogP contribution >= 0.6 is 0 Å². The lowest BCUT2D eigenvalue weighted by Gasteiger charge is -2.25. The minimum absolute atomic E-state index is 0.273. The predicted octanol–water partition coefficient (Wildman–Crippen LogP) is 1.83. The van der Waals surface area contributed by atoms with Gasteiger partial charge in [0.25, 0.3) is 5.95 Å². The molecule has 1 saturated carbocycles. The molecule has 0 spiro atoms. The number of nitrogens with one attached hydrogen (secondary N) is 1. The largest absolute Gasteiger partial charge is 0.366 e. The van der Waals surface area contributed by atoms with E-state index in [1.807, 2.05) is 0 Å². The summed E-state index contributed by atoms with van der Waals surface area (Å²) in [5.74, 6) is 0.456. The predicted molar refractivity (Wildman–Crippen MR) is 47.8 cm³/mol. The van der Waals surface area contributed by atoms with E-state index < -0.39 is 5.95 Å². The van der Waals surface area contributed by atoms with Crippen molar-refractivity contribution in [3.05, 3.63) is 18.3 Å². The monoisotopic (exact) mass is 181 g/mol. The van der Waals surface area contributed by atoms with E-state index in [1.54, 1.807) is 0 Å². The molecule has 13 heavy (non-hydrogen) atoms. The second-order valence-electron chi connectivity index (χ2n) is 3.37. The molecule has 70 valence electrons. The fraction of sp³-hybridized carbons (Fsp3) is 0.556. The Balaban J connectivity index is 1.89. The Bertz CT molecular complexity index is 286. The fourth-order valence-corrected chi connectivity index (χ4v) is 1.38. The molecular formula is C9H12FN3. The van der Waals surface area contributed by atoms with Crippen molar-refractivity contribution in [1.29, 1.82) is 0 Å². The highest BCUT2D eigenvalue weighted by Crippen LogP contribution is 2.26. The lowest BCUT2D eigenvalue weighted by molar-refractivity contribution is 0.332. The third kappa shape index (κ3) is 1.94. The number of anilines is 1. The van der Waals surface area contributed by atoms with Gasteiger partial charge in [-0.15, -0.1) is 0 Å². The Morgan fingerprint density at radius 2 is 2.15 bits per heavy atom. The van der Waals surface area contributed by atoms with Gasteiger partial charge in [-0.2, -0.15) is 4.39 Å². The van der Waals surface area contributed by atoms with Crippen LogP contribution in [-0.2, 0) is 0 Å². The first kappa shape index (κ1) is 8.41. The minimum Gasteiger partial charge on any atom is -0.366 e. The van der Waals surface area contributed by atoms with Crippen molar-refractivity contribution < 1.29 is 4.39 Å². The van der Waals surface area contributed by atoms with Gasteiger partial charge >= 0.3 is 0 Å². The molecule has 0 aromatic carbocycles. The molecule has 1 aromatic heterocycles. The summed E-state index contributed by atoms with van der Waals surface area (Å²) in [7, 11) is 0. The molecule has 0 amide bonds. The second-order valence-corrected chi connectivity index (χ2v) is 3.37. The summed E-state index contributed by atoms with van der Waals surface area (Å²) in [6, 6.07) is 0. The molecule has 0 bridgehead atoms. The van der Waals surface area contributed by atoms with Crippen LogP contribution in [0.2, 0.25) is 0 Å². The summed E-state index contributed by atoms with van der Waals surface area (Å²) in [4.78, 5) is 7.37. The molecule has 1 N–H and O–H groups in total. The quantitative estimate of drug-likeness (QED) is 0.773. The topological polar surface area (TPSA) is 37.8 Å². The summed E-state index contributed by atoms with van der Waals surface area (Å²) in [6.07, 6.45) is 6.63. The Kier molecular flexibility index (Phi) is 2.38. The van der Waals surface area contributed by atoms with Gasteiger partial charge in [-0.1, -0.05) is 6.42 Å². The number of hydrogen-bond acceptors (Lipinski definition) is 3. The molecule has 0 radical (unpaired) electrons. The minimum atomic E-state index is -0.512. The van der Waals surface area contributed by atoms with Crippen LogP contribution in [0.5, 0.6) is 0 Å². The molecule has 0 aliphatic heterocycles. The molecule has 0 unspecified atom stereocenters. The maximum absolute atomic E-state index is 12.9. The first-order valence-electron chi connectivity index (χ1n) is 4.56. The van der Waals surface area contributed by atoms with E-state index in [-0.39, 0.29) is 5.82 Å². The first-order chi connectivity index (χ1) is 6.36. The van der Waals surface area contributed by atoms with E-state index in [2.05, 4.69) is 15.3 Å². The number of halogens is 1. The molecule has 1 aliphatic carbocycles. The molecule has 0 atom stereocenters. The highest BCUT2D eigenvalue weighted by Gasteiger charge is 2.17. The van der Waals surface area contributed by atoms with Crippen molar-refractivity contribution >= 4 is 5.82 Å². The molecule has 3 nitrogen and oxygen atoms in total. The number of hydrogen-bond donors (Lipinski definition) is 1. The van der Waals surface area contributed by atoms with E-state index in [0.717, 1.165) is 6.54 Å². The molecule has 1 fully saturated rings. The van der Waals surface area contributed by atoms with Gasteiger partial charge in [0.15, 0.2) is 5.82 Å². The zero-order chi connectivity index (χ0) is 9.10. The van der Waals surface area contributed by atoms with Crippen molar-refractivity contribution in [2.75, 3.05) is 11.9 Å². The normalized spacial score (nSPS) is 16.7. The molecule has 0 saturated heterocycles. The fourth-order valence-electron chi connectivity index (χ4n) is 1.38. The van der Waals surface area contributed by atoms with Crippen molar-refractivity contribution in [2.45, 2.75) is 19.3 Å². The van der Waals surface area contributed by atoms with Gasteiger partial charge in [0.05, 0.1) is 0 Å². The number of nitrogens with zero attached hydrogens (tertiary/aromatic N) is 2. The van der Waals surface area contributed by atoms with Crippen LogP contribution in [0, 0.1) is 11.9 Å². The van der Waals surface area contributed by atoms with Crippen LogP contribution in [0.4, 0.5) is 10.2 Å². The van der Waals surface area contributed by atoms with Gasteiger partial charge < -0.3 is 5.32 Å². The van der Waals surface area contributed by atoms with Crippen LogP contribution in [0.1, 0.15) is 19.3 Å². The zero-order valence-corrected chi connectivity index (χ0v) is 7.33. The van der Waals surface area contributed by atoms with Crippen molar-refractivity contribution in [2.24, 2.45) is 5.92 Å². The second kappa shape index (κ2) is 3.68. The highest BCUT2D eigenvalue weighted by molar-refractivity contribution is 5.31. The standard InChI is InChI=1S/C9H12FN3/c10-8-9(12-5-4-11-8)13-6-7-2-1-3-7/h4-5,7H,1-3,6H2,(H,12,13). The van der Waals surface area contributed by atoms with E-state index in [0.29, 0.717) is 5.92 Å². The third-order valence-corrected chi connectivity index (χ3v) is 2.44. The SMILES string of the molecule is Fc1nccnc1NCC1CCC1. The average Bonchev–Trinajstić information content (AvgIpc) is 2.05. The van der Waals surface area contributed by atoms with Gasteiger partial charge in [-0.3, -0.25) is 0 Å². The van der Waals surface area contributed by atoms with Crippen LogP contribution in [0.15, 0.2) is 12.4 Å². The molecule has 4 heteroatoms. The van der Waals surface area contributed by atoms with Crippen LogP contribution in [0.25, 0.3) is 0 Å². The van der Waals surface area contributed by atoms with Gasteiger partial charge in [0.1, 0.15) is 0 Å². The molecular weight excluding hydrogens is 169 g/mol. The van der Waals surface area contributed by atoms with Gasteiger partial charge in [0.2, 0.25) is 0 Å². The van der Waals surface area contributed by atoms with Gasteiger partial charge in [-0.05, 0) is 18.8 Å². The third-order valence-electron chi connectivity index (χ3n) is 2.44. The molecule has 1 heterocycles. The Morgan fingerprint density at radius 3 is 2.77 bits per heavy atom. The Morgan fingerprint density at radius 1 is 1.38 bits per heavy atom. The maximum Gasteiger partial charge on any atom is 0.255 e. The lowest BCUT2D eigenvalue weighted by atomic mass is 9.85. The number of aromatic nitrogens is 2. The molecule has 2 rings (SSSR count). The smallest absolute Gasteiger partial charge is 0.255 e. The van der Waals surface area contributed by atoms with Crippen molar-refractivity contribution in [3.63, 3.8) is 0 Å². The first-order valence-corrected chi connectivity index (χ1v) is 4.56. The Hall–Kier alpha value is -1.19. The maximum atomic E-state index is 12.9. The van der Waals surface area contributed by atoms with E-state index in [9.17, 15) is 4.39 Å². The Labute approximate surface area is 76.4 Å². The van der Waals surface area contributed by atoms with Crippen LogP contribution < -0.4 is 5.32 Å². The summed E-state index contributed by atoms with van der Waals surface area (Å²) < 4.78 is 12.9. The highest BCUT2D eigenvalue weighted by atomic mass is 19.1. The summed E-state index contributed by atoms with van der Waals surface area (Å²) >= 11 is 0. The summed E-state index contributed by atoms with van der Waals surface area (Å²) in [5, 5.41) is 2.97. The van der Waals surface area contributed by atoms with Gasteiger partial charge in [-0.25, -0.2) is 9.97 Å². The summed E-state index contributed by atoms with van der Waals surface area (Å²) in [5.41, 5.74) is 0. The van der Waals surface area contributed by atoms with E-state index in [4.69, 9.17) is 0 Å². The van der Waals surface area contributed by atoms with Gasteiger partial charge in [0, 0.05) is 18.9 Å². The molecule has 1 aromatic rings. The van der Waals surface area contributed by atoms with Crippen LogP contribution in [0.3, 0.4) is 0 Å². The van der Waals surface area contributed by atoms with Crippen molar-refractivity contribution in [1.82, 2.24) is 9.97 Å². The van der Waals surface area contributed by atoms with Crippen LogP contribution in [-0.4, -0.2) is 16.5 Å². The summed E-state index contributed by atoms with van der Waals surface area (Å²) in [6.45, 7) is 0.815. The number of rotatable bonds is 3.